The third-order valence-corrected chi connectivity index (χ3v) is 3.62. The largest absolute Gasteiger partial charge is 0.454 e. The fraction of sp³-hybridized carbons (Fsp3) is 0.267. The summed E-state index contributed by atoms with van der Waals surface area (Å²) in [6, 6.07) is 11.9. The number of hydrogen-bond donors (Lipinski definition) is 1. The zero-order valence-corrected chi connectivity index (χ0v) is 13.7. The predicted octanol–water partition coefficient (Wildman–Crippen LogP) is 3.47. The zero-order chi connectivity index (χ0) is 14.5. The normalized spacial score (nSPS) is 10.3. The molecule has 0 bridgehead atoms. The smallest absolute Gasteiger partial charge is 0.219 e. The first-order valence-electron chi connectivity index (χ1n) is 6.34. The molecule has 106 valence electrons. The van der Waals surface area contributed by atoms with Crippen molar-refractivity contribution in [2.75, 3.05) is 12.4 Å². The van der Waals surface area contributed by atoms with Crippen LogP contribution in [0, 0.1) is 3.77 Å². The Hall–Kier alpha value is -1.50. The van der Waals surface area contributed by atoms with E-state index >= 15 is 0 Å². The maximum absolute atomic E-state index is 11.3. The number of nitrogens with one attached hydrogen (secondary N) is 1. The van der Waals surface area contributed by atoms with Gasteiger partial charge in [-0.1, -0.05) is 18.2 Å². The van der Waals surface area contributed by atoms with Crippen LogP contribution in [0.3, 0.4) is 0 Å². The van der Waals surface area contributed by atoms with E-state index in [2.05, 4.69) is 27.9 Å². The predicted molar refractivity (Wildman–Crippen MR) is 87.3 cm³/mol. The number of hydrogen-bond acceptors (Lipinski definition) is 3. The summed E-state index contributed by atoms with van der Waals surface area (Å²) < 4.78 is 6.40. The Morgan fingerprint density at radius 2 is 2.05 bits per heavy atom. The summed E-state index contributed by atoms with van der Waals surface area (Å²) in [6.07, 6.45) is 0. The lowest BCUT2D eigenvalue weighted by molar-refractivity contribution is -0.128. The van der Waals surface area contributed by atoms with Crippen LogP contribution in [0.4, 0.5) is 5.69 Å². The molecular weight excluding hydrogens is 367 g/mol. The van der Waals surface area contributed by atoms with Crippen LogP contribution in [-0.2, 0) is 17.9 Å². The topological polar surface area (TPSA) is 45.5 Å². The van der Waals surface area contributed by atoms with Gasteiger partial charge in [0.05, 0.1) is 6.54 Å². The highest BCUT2D eigenvalue weighted by molar-refractivity contribution is 14.1. The quantitative estimate of drug-likeness (QED) is 0.804. The second-order valence-corrected chi connectivity index (χ2v) is 5.65. The van der Waals surface area contributed by atoms with E-state index in [4.69, 9.17) is 4.42 Å². The van der Waals surface area contributed by atoms with Crippen molar-refractivity contribution in [3.63, 3.8) is 0 Å². The highest BCUT2D eigenvalue weighted by Gasteiger charge is 2.08. The van der Waals surface area contributed by atoms with Gasteiger partial charge in [-0.3, -0.25) is 4.79 Å². The molecule has 4 nitrogen and oxygen atoms in total. The van der Waals surface area contributed by atoms with Gasteiger partial charge < -0.3 is 14.6 Å². The van der Waals surface area contributed by atoms with Crippen molar-refractivity contribution >= 4 is 34.2 Å². The lowest BCUT2D eigenvalue weighted by Crippen LogP contribution is -2.23. The van der Waals surface area contributed by atoms with E-state index < -0.39 is 0 Å². The maximum Gasteiger partial charge on any atom is 0.219 e. The molecule has 0 aliphatic rings. The molecule has 1 aromatic carbocycles. The Bertz CT molecular complexity index is 595. The van der Waals surface area contributed by atoms with Crippen LogP contribution in [0.25, 0.3) is 0 Å². The molecule has 0 aliphatic heterocycles. The lowest BCUT2D eigenvalue weighted by atomic mass is 10.1. The van der Waals surface area contributed by atoms with E-state index in [9.17, 15) is 4.79 Å². The van der Waals surface area contributed by atoms with Gasteiger partial charge in [0.1, 0.15) is 5.76 Å². The molecule has 1 amide bonds. The van der Waals surface area contributed by atoms with Crippen LogP contribution in [0.5, 0.6) is 0 Å². The number of anilines is 1. The zero-order valence-electron chi connectivity index (χ0n) is 11.5. The molecule has 0 aliphatic carbocycles. The molecule has 20 heavy (non-hydrogen) atoms. The highest BCUT2D eigenvalue weighted by Crippen LogP contribution is 2.19. The average Bonchev–Trinajstić information content (AvgIpc) is 2.83. The van der Waals surface area contributed by atoms with Crippen molar-refractivity contribution < 1.29 is 9.21 Å². The van der Waals surface area contributed by atoms with Gasteiger partial charge in [-0.2, -0.15) is 0 Å². The van der Waals surface area contributed by atoms with E-state index in [0.29, 0.717) is 13.1 Å². The molecule has 1 heterocycles. The number of carbonyl (C=O) groups excluding carboxylic acids is 1. The first-order chi connectivity index (χ1) is 9.56. The number of furan rings is 1. The summed E-state index contributed by atoms with van der Waals surface area (Å²) in [5, 5.41) is 3.35. The van der Waals surface area contributed by atoms with Gasteiger partial charge in [-0.15, -0.1) is 0 Å². The van der Waals surface area contributed by atoms with Gasteiger partial charge in [0, 0.05) is 26.2 Å². The van der Waals surface area contributed by atoms with E-state index in [1.807, 2.05) is 36.4 Å². The summed E-state index contributed by atoms with van der Waals surface area (Å²) in [6.45, 7) is 2.79. The monoisotopic (exact) mass is 384 g/mol. The van der Waals surface area contributed by atoms with Crippen molar-refractivity contribution in [1.82, 2.24) is 4.90 Å². The molecule has 5 heteroatoms. The minimum Gasteiger partial charge on any atom is -0.454 e. The minimum absolute atomic E-state index is 0.0559. The van der Waals surface area contributed by atoms with E-state index in [-0.39, 0.29) is 5.91 Å². The van der Waals surface area contributed by atoms with Gasteiger partial charge >= 0.3 is 0 Å². The Kier molecular flexibility index (Phi) is 5.05. The van der Waals surface area contributed by atoms with Crippen LogP contribution in [0.15, 0.2) is 40.8 Å². The summed E-state index contributed by atoms with van der Waals surface area (Å²) in [4.78, 5) is 13.0. The molecule has 1 aromatic heterocycles. The Balaban J connectivity index is 2.05. The molecule has 0 spiro atoms. The number of carbonyl (C=O) groups is 1. The standard InChI is InChI=1S/C15H17IN2O2/c1-11(19)18(2)10-12-5-3-4-6-14(12)17-9-13-7-8-15(16)20-13/h3-8,17H,9-10H2,1-2H3. The van der Waals surface area contributed by atoms with Crippen molar-refractivity contribution in [3.05, 3.63) is 51.5 Å². The van der Waals surface area contributed by atoms with E-state index in [1.165, 1.54) is 0 Å². The van der Waals surface area contributed by atoms with Crippen molar-refractivity contribution in [3.8, 4) is 0 Å². The van der Waals surface area contributed by atoms with Crippen LogP contribution in [0.2, 0.25) is 0 Å². The van der Waals surface area contributed by atoms with Gasteiger partial charge in [0.2, 0.25) is 5.91 Å². The maximum atomic E-state index is 11.3. The van der Waals surface area contributed by atoms with Crippen LogP contribution < -0.4 is 5.32 Å². The van der Waals surface area contributed by atoms with Crippen molar-refractivity contribution in [1.29, 1.82) is 0 Å². The Morgan fingerprint density at radius 1 is 1.30 bits per heavy atom. The molecule has 0 saturated carbocycles. The lowest BCUT2D eigenvalue weighted by Gasteiger charge is -2.18. The molecule has 0 radical (unpaired) electrons. The summed E-state index contributed by atoms with van der Waals surface area (Å²) >= 11 is 2.15. The minimum atomic E-state index is 0.0559. The Labute approximate surface area is 132 Å². The molecule has 0 saturated heterocycles. The summed E-state index contributed by atoms with van der Waals surface area (Å²) in [5.74, 6) is 0.949. The molecule has 0 atom stereocenters. The fourth-order valence-corrected chi connectivity index (χ4v) is 2.29. The fourth-order valence-electron chi connectivity index (χ4n) is 1.83. The third kappa shape index (κ3) is 4.00. The second-order valence-electron chi connectivity index (χ2n) is 4.59. The summed E-state index contributed by atoms with van der Waals surface area (Å²) in [7, 11) is 1.80. The van der Waals surface area contributed by atoms with Crippen molar-refractivity contribution in [2.24, 2.45) is 0 Å². The first kappa shape index (κ1) is 14.9. The molecule has 2 aromatic rings. The number of rotatable bonds is 5. The molecule has 1 N–H and O–H groups in total. The molecule has 2 rings (SSSR count). The van der Waals surface area contributed by atoms with E-state index in [1.54, 1.807) is 18.9 Å². The first-order valence-corrected chi connectivity index (χ1v) is 7.42. The second kappa shape index (κ2) is 6.78. The van der Waals surface area contributed by atoms with Crippen LogP contribution >= 0.6 is 22.6 Å². The number of nitrogens with zero attached hydrogens (tertiary/aromatic N) is 1. The molecule has 0 unspecified atom stereocenters. The van der Waals surface area contributed by atoms with Gasteiger partial charge in [0.15, 0.2) is 3.77 Å². The van der Waals surface area contributed by atoms with Crippen molar-refractivity contribution in [2.45, 2.75) is 20.0 Å². The van der Waals surface area contributed by atoms with Gasteiger partial charge in [-0.25, -0.2) is 0 Å². The summed E-state index contributed by atoms with van der Waals surface area (Å²) in [5.41, 5.74) is 2.11. The number of amides is 1. The average molecular weight is 384 g/mol. The highest BCUT2D eigenvalue weighted by atomic mass is 127. The third-order valence-electron chi connectivity index (χ3n) is 3.04. The Morgan fingerprint density at radius 3 is 2.70 bits per heavy atom. The number of benzene rings is 1. The van der Waals surface area contributed by atoms with Crippen LogP contribution in [0.1, 0.15) is 18.2 Å². The van der Waals surface area contributed by atoms with E-state index in [0.717, 1.165) is 20.8 Å². The molecule has 0 fully saturated rings. The SMILES string of the molecule is CC(=O)N(C)Cc1ccccc1NCc1ccc(I)o1. The van der Waals surface area contributed by atoms with Crippen LogP contribution in [-0.4, -0.2) is 17.9 Å². The van der Waals surface area contributed by atoms with Gasteiger partial charge in [0.25, 0.3) is 0 Å². The number of halogens is 1. The molecular formula is C15H17IN2O2. The number of para-hydroxylation sites is 1. The van der Waals surface area contributed by atoms with Gasteiger partial charge in [-0.05, 0) is 46.4 Å².